The van der Waals surface area contributed by atoms with Crippen LogP contribution in [0.25, 0.3) is 0 Å². The second kappa shape index (κ2) is 3.49. The van der Waals surface area contributed by atoms with Gasteiger partial charge in [0.2, 0.25) is 0 Å². The van der Waals surface area contributed by atoms with E-state index in [1.54, 1.807) is 0 Å². The van der Waals surface area contributed by atoms with E-state index in [1.807, 2.05) is 0 Å². The average molecular weight is 286 g/mol. The van der Waals surface area contributed by atoms with Crippen LogP contribution in [0.1, 0.15) is 0 Å². The molecule has 0 aliphatic carbocycles. The van der Waals surface area contributed by atoms with Crippen molar-refractivity contribution in [2.45, 2.75) is 24.4 Å². The molecule has 2 rings (SSSR count). The van der Waals surface area contributed by atoms with Crippen molar-refractivity contribution in [3.05, 3.63) is 0 Å². The summed E-state index contributed by atoms with van der Waals surface area (Å²) in [6.07, 6.45) is -20.7. The van der Waals surface area contributed by atoms with Crippen molar-refractivity contribution in [2.75, 3.05) is 0 Å². The predicted molar refractivity (Wildman–Crippen MR) is 35.6 cm³/mol. The molecule has 18 heavy (non-hydrogen) atoms. The molecule has 14 heteroatoms. The van der Waals surface area contributed by atoms with Gasteiger partial charge in [-0.1, -0.05) is 0 Å². The zero-order valence-corrected chi connectivity index (χ0v) is 7.81. The van der Waals surface area contributed by atoms with Crippen LogP contribution < -0.4 is 0 Å². The molecule has 0 amide bonds. The lowest BCUT2D eigenvalue weighted by atomic mass is 9.49. The Hall–Kier alpha value is -0.590. The Morgan fingerprint density at radius 1 is 0.444 bits per heavy atom. The molecule has 2 aliphatic heterocycles. The SMILES string of the molecule is FC1(F)OB(B2OC(F)(F)C(F)(F)O2)OC1(F)F. The van der Waals surface area contributed by atoms with Crippen LogP contribution in [0.4, 0.5) is 35.1 Å². The fourth-order valence-corrected chi connectivity index (χ4v) is 1.13. The summed E-state index contributed by atoms with van der Waals surface area (Å²) < 4.78 is 112. The lowest BCUT2D eigenvalue weighted by molar-refractivity contribution is -0.344. The van der Waals surface area contributed by atoms with Crippen LogP contribution in [0.2, 0.25) is 0 Å². The minimum Gasteiger partial charge on any atom is -0.348 e. The van der Waals surface area contributed by atoms with Crippen LogP contribution in [0, 0.1) is 0 Å². The molecule has 0 aromatic heterocycles. The van der Waals surface area contributed by atoms with E-state index in [1.165, 1.54) is 0 Å². The zero-order valence-electron chi connectivity index (χ0n) is 7.81. The van der Waals surface area contributed by atoms with Gasteiger partial charge >= 0.3 is 38.5 Å². The van der Waals surface area contributed by atoms with Crippen molar-refractivity contribution in [1.82, 2.24) is 0 Å². The first-order valence-corrected chi connectivity index (χ1v) is 4.10. The lowest BCUT2D eigenvalue weighted by Gasteiger charge is -2.14. The van der Waals surface area contributed by atoms with Crippen molar-refractivity contribution in [3.8, 4) is 0 Å². The molecule has 102 valence electrons. The van der Waals surface area contributed by atoms with E-state index in [2.05, 4.69) is 18.6 Å². The predicted octanol–water partition coefficient (Wildman–Crippen LogP) is 1.51. The van der Waals surface area contributed by atoms with E-state index in [9.17, 15) is 35.1 Å². The van der Waals surface area contributed by atoms with Gasteiger partial charge < -0.3 is 18.6 Å². The summed E-state index contributed by atoms with van der Waals surface area (Å²) in [4.78, 5) is 0. The van der Waals surface area contributed by atoms with Crippen molar-refractivity contribution >= 4 is 14.0 Å². The molecular weight excluding hydrogens is 286 g/mol. The van der Waals surface area contributed by atoms with E-state index >= 15 is 0 Å². The van der Waals surface area contributed by atoms with E-state index in [4.69, 9.17) is 0 Å². The zero-order chi connectivity index (χ0) is 14.0. The fraction of sp³-hybridized carbons (Fsp3) is 1.00. The van der Waals surface area contributed by atoms with E-state index in [0.717, 1.165) is 0 Å². The van der Waals surface area contributed by atoms with Crippen LogP contribution >= 0.6 is 0 Å². The summed E-state index contributed by atoms with van der Waals surface area (Å²) >= 11 is 0. The van der Waals surface area contributed by atoms with E-state index in [0.29, 0.717) is 0 Å². The summed E-state index contributed by atoms with van der Waals surface area (Å²) in [7, 11) is -5.87. The quantitative estimate of drug-likeness (QED) is 0.540. The summed E-state index contributed by atoms with van der Waals surface area (Å²) in [5.41, 5.74) is 0. The molecule has 2 saturated heterocycles. The third-order valence-corrected chi connectivity index (χ3v) is 1.96. The fourth-order valence-electron chi connectivity index (χ4n) is 1.13. The van der Waals surface area contributed by atoms with Gasteiger partial charge in [-0.25, -0.2) is 0 Å². The molecular formula is C4B2F8O4. The largest absolute Gasteiger partial charge is 0.497 e. The van der Waals surface area contributed by atoms with E-state index in [-0.39, 0.29) is 0 Å². The average Bonchev–Trinajstić information content (AvgIpc) is 2.45. The highest BCUT2D eigenvalue weighted by Gasteiger charge is 2.78. The van der Waals surface area contributed by atoms with Gasteiger partial charge in [-0.05, 0) is 0 Å². The summed E-state index contributed by atoms with van der Waals surface area (Å²) in [6, 6.07) is 0. The monoisotopic (exact) mass is 286 g/mol. The van der Waals surface area contributed by atoms with Crippen LogP contribution in [0.15, 0.2) is 0 Å². The Bertz CT molecular complexity index is 297. The summed E-state index contributed by atoms with van der Waals surface area (Å²) in [6.45, 7) is 0. The molecule has 2 fully saturated rings. The molecule has 2 aliphatic rings. The van der Waals surface area contributed by atoms with Gasteiger partial charge in [0.05, 0.1) is 0 Å². The highest BCUT2D eigenvalue weighted by Crippen LogP contribution is 2.48. The summed E-state index contributed by atoms with van der Waals surface area (Å²) in [5, 5.41) is 0. The van der Waals surface area contributed by atoms with Gasteiger partial charge in [0, 0.05) is 0 Å². The molecule has 0 unspecified atom stereocenters. The Balaban J connectivity index is 2.14. The second-order valence-corrected chi connectivity index (χ2v) is 3.28. The first-order valence-electron chi connectivity index (χ1n) is 4.10. The first-order chi connectivity index (χ1) is 7.88. The van der Waals surface area contributed by atoms with Gasteiger partial charge in [-0.2, -0.15) is 35.1 Å². The third kappa shape index (κ3) is 1.87. The molecule has 0 aromatic rings. The molecule has 0 N–H and O–H groups in total. The maximum Gasteiger partial charge on any atom is 0.497 e. The smallest absolute Gasteiger partial charge is 0.348 e. The standard InChI is InChI=1S/C4B2F8O4/c7-1(8)2(9,10)16-5(15-1)6-17-3(11,12)4(13,14)18-6. The van der Waals surface area contributed by atoms with Crippen LogP contribution in [0.5, 0.6) is 0 Å². The molecule has 4 nitrogen and oxygen atoms in total. The molecule has 0 radical (unpaired) electrons. The van der Waals surface area contributed by atoms with Gasteiger partial charge in [0.15, 0.2) is 0 Å². The first kappa shape index (κ1) is 13.8. The van der Waals surface area contributed by atoms with Gasteiger partial charge in [-0.15, -0.1) is 0 Å². The maximum atomic E-state index is 12.4. The Morgan fingerprint density at radius 2 is 0.611 bits per heavy atom. The number of rotatable bonds is 1. The Kier molecular flexibility index (Phi) is 2.68. The third-order valence-electron chi connectivity index (χ3n) is 1.96. The summed E-state index contributed by atoms with van der Waals surface area (Å²) in [5.74, 6) is 0. The van der Waals surface area contributed by atoms with E-state index < -0.39 is 38.5 Å². The number of halogens is 8. The molecule has 0 aromatic carbocycles. The van der Waals surface area contributed by atoms with Gasteiger partial charge in [0.25, 0.3) is 0 Å². The highest BCUT2D eigenvalue weighted by atomic mass is 19.3. The number of hydrogen-bond acceptors (Lipinski definition) is 4. The van der Waals surface area contributed by atoms with Gasteiger partial charge in [-0.3, -0.25) is 0 Å². The Morgan fingerprint density at radius 3 is 0.778 bits per heavy atom. The molecule has 2 heterocycles. The Labute approximate surface area is 93.4 Å². The van der Waals surface area contributed by atoms with Crippen LogP contribution in [-0.4, -0.2) is 38.5 Å². The molecule has 0 spiro atoms. The van der Waals surface area contributed by atoms with Crippen LogP contribution in [0.3, 0.4) is 0 Å². The maximum absolute atomic E-state index is 12.4. The van der Waals surface area contributed by atoms with Crippen LogP contribution in [-0.2, 0) is 18.6 Å². The minimum absolute atomic E-state index is 2.94. The normalized spacial score (nSPS) is 32.0. The molecule has 0 bridgehead atoms. The number of hydrogen-bond donors (Lipinski definition) is 0. The van der Waals surface area contributed by atoms with Crippen molar-refractivity contribution in [2.24, 2.45) is 0 Å². The molecule has 0 atom stereocenters. The van der Waals surface area contributed by atoms with Crippen molar-refractivity contribution in [3.63, 3.8) is 0 Å². The van der Waals surface area contributed by atoms with Crippen molar-refractivity contribution < 1.29 is 53.7 Å². The highest BCUT2D eigenvalue weighted by molar-refractivity contribution is 7.11. The lowest BCUT2D eigenvalue weighted by Crippen LogP contribution is -2.41. The van der Waals surface area contributed by atoms with Gasteiger partial charge in [0.1, 0.15) is 0 Å². The topological polar surface area (TPSA) is 36.9 Å². The minimum atomic E-state index is -5.18. The molecule has 0 saturated carbocycles. The second-order valence-electron chi connectivity index (χ2n) is 3.28. The van der Waals surface area contributed by atoms with Crippen molar-refractivity contribution in [1.29, 1.82) is 0 Å². The number of alkyl halides is 8.